The molecule has 1 saturated heterocycles. The van der Waals surface area contributed by atoms with E-state index in [2.05, 4.69) is 33.2 Å². The third-order valence-electron chi connectivity index (χ3n) is 4.92. The Morgan fingerprint density at radius 2 is 2.21 bits per heavy atom. The number of hydrogen-bond donors (Lipinski definition) is 2. The van der Waals surface area contributed by atoms with E-state index in [1.54, 1.807) is 0 Å². The molecule has 2 aromatic rings. The van der Waals surface area contributed by atoms with Gasteiger partial charge in [-0.2, -0.15) is 0 Å². The molecule has 2 fully saturated rings. The van der Waals surface area contributed by atoms with Crippen molar-refractivity contribution in [1.29, 1.82) is 0 Å². The van der Waals surface area contributed by atoms with Gasteiger partial charge < -0.3 is 14.9 Å². The highest BCUT2D eigenvalue weighted by molar-refractivity contribution is 5.79. The van der Waals surface area contributed by atoms with Gasteiger partial charge in [-0.25, -0.2) is 0 Å². The maximum Gasteiger partial charge on any atom is 0.272 e. The number of fused-ring (bicyclic) bond motifs is 2. The third-order valence-corrected chi connectivity index (χ3v) is 4.92. The predicted molar refractivity (Wildman–Crippen MR) is 75.4 cm³/mol. The second-order valence-corrected chi connectivity index (χ2v) is 6.04. The molecule has 0 bridgehead atoms. The Hall–Kier alpha value is -1.55. The number of aromatic nitrogens is 2. The average molecular weight is 257 g/mol. The zero-order chi connectivity index (χ0) is 13.0. The van der Waals surface area contributed by atoms with Gasteiger partial charge in [0.05, 0.1) is 0 Å². The Labute approximate surface area is 111 Å². The van der Waals surface area contributed by atoms with Crippen LogP contribution in [-0.4, -0.2) is 22.6 Å². The van der Waals surface area contributed by atoms with E-state index < -0.39 is 0 Å². The van der Waals surface area contributed by atoms with Crippen LogP contribution in [0.5, 0.6) is 0 Å². The van der Waals surface area contributed by atoms with E-state index in [1.807, 2.05) is 6.92 Å². The maximum absolute atomic E-state index is 12.2. The molecule has 2 aromatic heterocycles. The summed E-state index contributed by atoms with van der Waals surface area (Å²) in [6, 6.07) is 4.63. The van der Waals surface area contributed by atoms with Gasteiger partial charge in [-0.3, -0.25) is 4.79 Å². The summed E-state index contributed by atoms with van der Waals surface area (Å²) in [5.74, 6) is 1.49. The van der Waals surface area contributed by atoms with Crippen LogP contribution in [0.25, 0.3) is 10.9 Å². The predicted octanol–water partition coefficient (Wildman–Crippen LogP) is 1.81. The number of nitrogens with zero attached hydrogens (tertiary/aromatic N) is 1. The molecule has 2 N–H and O–H groups in total. The van der Waals surface area contributed by atoms with E-state index in [0.717, 1.165) is 35.6 Å². The van der Waals surface area contributed by atoms with Crippen LogP contribution in [-0.2, 0) is 0 Å². The van der Waals surface area contributed by atoms with Gasteiger partial charge in [0, 0.05) is 29.9 Å². The second-order valence-electron chi connectivity index (χ2n) is 6.04. The molecule has 3 unspecified atom stereocenters. The lowest BCUT2D eigenvalue weighted by atomic mass is 9.97. The highest BCUT2D eigenvalue weighted by Crippen LogP contribution is 2.43. The Balaban J connectivity index is 1.86. The summed E-state index contributed by atoms with van der Waals surface area (Å²) < 4.78 is 2.23. The largest absolute Gasteiger partial charge is 0.340 e. The molecule has 2 aliphatic rings. The zero-order valence-corrected chi connectivity index (χ0v) is 11.1. The van der Waals surface area contributed by atoms with Crippen molar-refractivity contribution in [2.75, 3.05) is 13.1 Å². The van der Waals surface area contributed by atoms with Crippen LogP contribution in [0.3, 0.4) is 0 Å². The first-order chi connectivity index (χ1) is 9.24. The van der Waals surface area contributed by atoms with Crippen molar-refractivity contribution in [1.82, 2.24) is 14.9 Å². The summed E-state index contributed by atoms with van der Waals surface area (Å²) in [7, 11) is 0. The molecule has 1 saturated carbocycles. The summed E-state index contributed by atoms with van der Waals surface area (Å²) >= 11 is 0. The minimum atomic E-state index is 0.0504. The summed E-state index contributed by atoms with van der Waals surface area (Å²) in [4.78, 5) is 15.2. The number of rotatable bonds is 1. The van der Waals surface area contributed by atoms with Crippen LogP contribution in [0.1, 0.15) is 24.6 Å². The van der Waals surface area contributed by atoms with Crippen LogP contribution in [0.2, 0.25) is 0 Å². The molecule has 4 nitrogen and oxygen atoms in total. The van der Waals surface area contributed by atoms with Gasteiger partial charge in [0.25, 0.3) is 5.56 Å². The molecule has 0 radical (unpaired) electrons. The zero-order valence-electron chi connectivity index (χ0n) is 11.1. The minimum absolute atomic E-state index is 0.0504. The van der Waals surface area contributed by atoms with Crippen LogP contribution < -0.4 is 10.9 Å². The molecular formula is C15H19N3O. The maximum atomic E-state index is 12.2. The van der Waals surface area contributed by atoms with Crippen LogP contribution in [0.4, 0.5) is 0 Å². The van der Waals surface area contributed by atoms with E-state index in [9.17, 15) is 4.79 Å². The van der Waals surface area contributed by atoms with Crippen LogP contribution >= 0.6 is 0 Å². The van der Waals surface area contributed by atoms with E-state index >= 15 is 0 Å². The van der Waals surface area contributed by atoms with Gasteiger partial charge in [-0.05, 0) is 50.3 Å². The molecule has 100 valence electrons. The number of nitrogens with one attached hydrogen (secondary N) is 2. The van der Waals surface area contributed by atoms with Gasteiger partial charge in [0.1, 0.15) is 5.52 Å². The van der Waals surface area contributed by atoms with Gasteiger partial charge in [0.2, 0.25) is 0 Å². The van der Waals surface area contributed by atoms with E-state index in [1.165, 1.54) is 12.8 Å². The quantitative estimate of drug-likeness (QED) is 0.818. The van der Waals surface area contributed by atoms with Crippen LogP contribution in [0, 0.1) is 18.8 Å². The monoisotopic (exact) mass is 257 g/mol. The summed E-state index contributed by atoms with van der Waals surface area (Å²) in [5, 5.41) is 4.55. The van der Waals surface area contributed by atoms with Gasteiger partial charge in [-0.1, -0.05) is 0 Å². The fourth-order valence-electron chi connectivity index (χ4n) is 4.08. The summed E-state index contributed by atoms with van der Waals surface area (Å²) in [6.07, 6.45) is 4.59. The van der Waals surface area contributed by atoms with Crippen molar-refractivity contribution < 1.29 is 0 Å². The van der Waals surface area contributed by atoms with E-state index in [-0.39, 0.29) is 5.56 Å². The molecule has 3 heterocycles. The second kappa shape index (κ2) is 3.97. The average Bonchev–Trinajstić information content (AvgIpc) is 3.00. The van der Waals surface area contributed by atoms with E-state index in [0.29, 0.717) is 12.0 Å². The number of aromatic amines is 1. The Morgan fingerprint density at radius 3 is 3.11 bits per heavy atom. The summed E-state index contributed by atoms with van der Waals surface area (Å²) in [6.45, 7) is 4.18. The Kier molecular flexibility index (Phi) is 2.36. The first-order valence-electron chi connectivity index (χ1n) is 7.15. The topological polar surface area (TPSA) is 49.8 Å². The van der Waals surface area contributed by atoms with Crippen LogP contribution in [0.15, 0.2) is 23.1 Å². The molecular weight excluding hydrogens is 238 g/mol. The van der Waals surface area contributed by atoms with Gasteiger partial charge >= 0.3 is 0 Å². The first kappa shape index (κ1) is 11.3. The fourth-order valence-corrected chi connectivity index (χ4v) is 4.08. The lowest BCUT2D eigenvalue weighted by Gasteiger charge is -2.20. The Morgan fingerprint density at radius 1 is 1.32 bits per heavy atom. The van der Waals surface area contributed by atoms with Crippen molar-refractivity contribution in [3.05, 3.63) is 34.4 Å². The van der Waals surface area contributed by atoms with Crippen molar-refractivity contribution in [3.8, 4) is 0 Å². The van der Waals surface area contributed by atoms with Crippen molar-refractivity contribution in [2.45, 2.75) is 25.8 Å². The lowest BCUT2D eigenvalue weighted by Crippen LogP contribution is -2.22. The molecule has 1 aliphatic carbocycles. The molecule has 1 aliphatic heterocycles. The van der Waals surface area contributed by atoms with E-state index in [4.69, 9.17) is 0 Å². The van der Waals surface area contributed by atoms with Crippen molar-refractivity contribution in [3.63, 3.8) is 0 Å². The molecule has 4 heteroatoms. The number of hydrogen-bond acceptors (Lipinski definition) is 2. The smallest absolute Gasteiger partial charge is 0.272 e. The van der Waals surface area contributed by atoms with Crippen molar-refractivity contribution in [2.24, 2.45) is 11.8 Å². The SMILES string of the molecule is Cc1cc2ccn(C3CCC4CNCC43)c2c(=O)[nH]1. The lowest BCUT2D eigenvalue weighted by molar-refractivity contribution is 0.377. The third kappa shape index (κ3) is 1.59. The first-order valence-corrected chi connectivity index (χ1v) is 7.15. The molecule has 4 rings (SSSR count). The molecule has 0 aromatic carbocycles. The standard InChI is InChI=1S/C15H19N3O/c1-9-6-10-4-5-18(14(10)15(19)17-9)13-3-2-11-7-16-8-12(11)13/h4-6,11-13,16H,2-3,7-8H2,1H3,(H,17,19). The molecule has 0 amide bonds. The highest BCUT2D eigenvalue weighted by atomic mass is 16.1. The molecule has 0 spiro atoms. The number of pyridine rings is 1. The number of H-pyrrole nitrogens is 1. The van der Waals surface area contributed by atoms with Crippen molar-refractivity contribution >= 4 is 10.9 Å². The van der Waals surface area contributed by atoms with Gasteiger partial charge in [0.15, 0.2) is 0 Å². The summed E-state index contributed by atoms with van der Waals surface area (Å²) in [5.41, 5.74) is 1.83. The van der Waals surface area contributed by atoms with Gasteiger partial charge in [-0.15, -0.1) is 0 Å². The fraction of sp³-hybridized carbons (Fsp3) is 0.533. The molecule has 19 heavy (non-hydrogen) atoms. The minimum Gasteiger partial charge on any atom is -0.340 e. The molecule has 3 atom stereocenters. The highest BCUT2D eigenvalue weighted by Gasteiger charge is 2.40. The normalized spacial score (nSPS) is 30.1. The Bertz CT molecular complexity index is 684. The number of aryl methyl sites for hydroxylation is 1.